The molecular formula is C17H16N4O2. The van der Waals surface area contributed by atoms with Gasteiger partial charge in [-0.2, -0.15) is 0 Å². The monoisotopic (exact) mass is 308 g/mol. The number of fused-ring (bicyclic) bond motifs is 1. The molecule has 23 heavy (non-hydrogen) atoms. The number of carbonyl (C=O) groups is 1. The molecule has 0 fully saturated rings. The van der Waals surface area contributed by atoms with E-state index >= 15 is 0 Å². The molecule has 0 spiro atoms. The van der Waals surface area contributed by atoms with Gasteiger partial charge in [0, 0.05) is 24.4 Å². The molecule has 1 N–H and O–H groups in total. The van der Waals surface area contributed by atoms with Gasteiger partial charge in [-0.1, -0.05) is 12.1 Å². The van der Waals surface area contributed by atoms with E-state index in [0.717, 1.165) is 11.0 Å². The van der Waals surface area contributed by atoms with Crippen molar-refractivity contribution in [1.82, 2.24) is 19.9 Å². The highest BCUT2D eigenvalue weighted by Crippen LogP contribution is 2.11. The molecule has 0 radical (unpaired) electrons. The molecule has 0 aliphatic heterocycles. The van der Waals surface area contributed by atoms with Crippen LogP contribution in [0.15, 0.2) is 47.4 Å². The second-order valence-electron chi connectivity index (χ2n) is 5.43. The lowest BCUT2D eigenvalue weighted by molar-refractivity contribution is 0.0783. The van der Waals surface area contributed by atoms with Crippen LogP contribution in [0.4, 0.5) is 0 Å². The Kier molecular flexibility index (Phi) is 3.89. The molecule has 6 heteroatoms. The molecule has 0 aliphatic rings. The number of benzene rings is 1. The average molecular weight is 308 g/mol. The summed E-state index contributed by atoms with van der Waals surface area (Å²) in [6.45, 7) is 2.06. The predicted molar refractivity (Wildman–Crippen MR) is 87.1 cm³/mol. The minimum Gasteiger partial charge on any atom is -0.336 e. The van der Waals surface area contributed by atoms with Gasteiger partial charge in [-0.05, 0) is 25.1 Å². The zero-order valence-electron chi connectivity index (χ0n) is 12.9. The molecule has 0 atom stereocenters. The number of pyridine rings is 1. The molecule has 0 unspecified atom stereocenters. The average Bonchev–Trinajstić information content (AvgIpc) is 2.53. The van der Waals surface area contributed by atoms with E-state index in [-0.39, 0.29) is 11.5 Å². The number of H-pyrrole nitrogens is 1. The van der Waals surface area contributed by atoms with Crippen molar-refractivity contribution in [2.45, 2.75) is 13.5 Å². The minimum atomic E-state index is -0.285. The molecule has 1 aromatic carbocycles. The number of nitrogens with one attached hydrogen (secondary N) is 1. The van der Waals surface area contributed by atoms with Crippen LogP contribution in [0.1, 0.15) is 21.7 Å². The van der Waals surface area contributed by atoms with Crippen LogP contribution in [0.2, 0.25) is 0 Å². The lowest BCUT2D eigenvalue weighted by Gasteiger charge is -2.17. The topological polar surface area (TPSA) is 79.0 Å². The smallest absolute Gasteiger partial charge is 0.254 e. The van der Waals surface area contributed by atoms with Crippen molar-refractivity contribution < 1.29 is 4.79 Å². The van der Waals surface area contributed by atoms with Crippen molar-refractivity contribution in [3.05, 3.63) is 69.9 Å². The fourth-order valence-corrected chi connectivity index (χ4v) is 2.41. The van der Waals surface area contributed by atoms with Gasteiger partial charge in [0.15, 0.2) is 0 Å². The zero-order chi connectivity index (χ0) is 16.4. The van der Waals surface area contributed by atoms with Crippen LogP contribution >= 0.6 is 0 Å². The summed E-state index contributed by atoms with van der Waals surface area (Å²) >= 11 is 0. The van der Waals surface area contributed by atoms with Gasteiger partial charge in [0.1, 0.15) is 0 Å². The van der Waals surface area contributed by atoms with E-state index in [1.54, 1.807) is 26.2 Å². The quantitative estimate of drug-likeness (QED) is 0.801. The van der Waals surface area contributed by atoms with Gasteiger partial charge in [0.05, 0.1) is 29.5 Å². The van der Waals surface area contributed by atoms with E-state index in [1.165, 1.54) is 11.0 Å². The highest BCUT2D eigenvalue weighted by Gasteiger charge is 2.14. The number of rotatable bonds is 3. The van der Waals surface area contributed by atoms with Gasteiger partial charge in [0.25, 0.3) is 5.91 Å². The molecule has 3 aromatic rings. The number of aromatic nitrogens is 3. The Morgan fingerprint density at radius 2 is 1.96 bits per heavy atom. The van der Waals surface area contributed by atoms with E-state index in [0.29, 0.717) is 23.5 Å². The van der Waals surface area contributed by atoms with Gasteiger partial charge in [-0.15, -0.1) is 0 Å². The number of hydrogen-bond acceptors (Lipinski definition) is 4. The molecule has 0 saturated carbocycles. The van der Waals surface area contributed by atoms with Crippen LogP contribution in [0, 0.1) is 6.92 Å². The van der Waals surface area contributed by atoms with E-state index in [9.17, 15) is 9.59 Å². The van der Waals surface area contributed by atoms with Crippen molar-refractivity contribution in [2.75, 3.05) is 7.05 Å². The Labute approximate surface area is 132 Å². The minimum absolute atomic E-state index is 0.228. The van der Waals surface area contributed by atoms with Crippen LogP contribution in [0.25, 0.3) is 11.0 Å². The summed E-state index contributed by atoms with van der Waals surface area (Å²) in [5.41, 5.74) is 3.03. The fourth-order valence-electron chi connectivity index (χ4n) is 2.41. The van der Waals surface area contributed by atoms with Crippen LogP contribution < -0.4 is 5.56 Å². The standard InChI is InChI=1S/C17H16N4O2/c1-11-7-12(8-16(22)19-11)17(23)21(2)10-13-9-18-14-5-3-4-6-15(14)20-13/h3-9H,10H2,1-2H3,(H,19,22). The highest BCUT2D eigenvalue weighted by molar-refractivity contribution is 5.94. The zero-order valence-corrected chi connectivity index (χ0v) is 12.9. The summed E-state index contributed by atoms with van der Waals surface area (Å²) < 4.78 is 0. The molecule has 6 nitrogen and oxygen atoms in total. The number of hydrogen-bond donors (Lipinski definition) is 1. The Balaban J connectivity index is 1.83. The largest absolute Gasteiger partial charge is 0.336 e. The molecule has 116 valence electrons. The van der Waals surface area contributed by atoms with Crippen LogP contribution in [-0.4, -0.2) is 32.8 Å². The summed E-state index contributed by atoms with van der Waals surface area (Å²) in [6, 6.07) is 10.5. The Hall–Kier alpha value is -3.02. The molecule has 2 aromatic heterocycles. The number of aromatic amines is 1. The number of carbonyl (C=O) groups excluding carboxylic acids is 1. The third-order valence-electron chi connectivity index (χ3n) is 3.47. The number of aryl methyl sites for hydroxylation is 1. The lowest BCUT2D eigenvalue weighted by Crippen LogP contribution is -2.28. The Morgan fingerprint density at radius 1 is 1.22 bits per heavy atom. The number of nitrogens with zero attached hydrogens (tertiary/aromatic N) is 3. The van der Waals surface area contributed by atoms with Crippen molar-refractivity contribution in [1.29, 1.82) is 0 Å². The lowest BCUT2D eigenvalue weighted by atomic mass is 10.2. The molecular weight excluding hydrogens is 292 g/mol. The van der Waals surface area contributed by atoms with Gasteiger partial charge >= 0.3 is 0 Å². The number of amides is 1. The summed E-state index contributed by atoms with van der Waals surface area (Å²) in [5.74, 6) is -0.228. The Morgan fingerprint density at radius 3 is 2.70 bits per heavy atom. The highest BCUT2D eigenvalue weighted by atomic mass is 16.2. The Bertz CT molecular complexity index is 933. The van der Waals surface area contributed by atoms with Crippen LogP contribution in [0.3, 0.4) is 0 Å². The van der Waals surface area contributed by atoms with E-state index in [4.69, 9.17) is 0 Å². The van der Waals surface area contributed by atoms with Crippen LogP contribution in [0.5, 0.6) is 0 Å². The second-order valence-corrected chi connectivity index (χ2v) is 5.43. The SMILES string of the molecule is Cc1cc(C(=O)N(C)Cc2cnc3ccccc3n2)cc(=O)[nH]1. The third-order valence-corrected chi connectivity index (χ3v) is 3.47. The normalized spacial score (nSPS) is 10.7. The summed E-state index contributed by atoms with van der Waals surface area (Å²) in [7, 11) is 1.68. The van der Waals surface area contributed by atoms with Crippen molar-refractivity contribution in [2.24, 2.45) is 0 Å². The van der Waals surface area contributed by atoms with Crippen molar-refractivity contribution in [3.8, 4) is 0 Å². The fraction of sp³-hybridized carbons (Fsp3) is 0.176. The molecule has 0 bridgehead atoms. The first-order valence-electron chi connectivity index (χ1n) is 7.20. The summed E-state index contributed by atoms with van der Waals surface area (Å²) in [5, 5.41) is 0. The van der Waals surface area contributed by atoms with E-state index in [1.807, 2.05) is 24.3 Å². The maximum Gasteiger partial charge on any atom is 0.254 e. The molecule has 0 aliphatic carbocycles. The van der Waals surface area contributed by atoms with Crippen LogP contribution in [-0.2, 0) is 6.54 Å². The molecule has 3 rings (SSSR count). The summed E-state index contributed by atoms with van der Waals surface area (Å²) in [6.07, 6.45) is 1.66. The maximum atomic E-state index is 12.4. The van der Waals surface area contributed by atoms with Crippen molar-refractivity contribution in [3.63, 3.8) is 0 Å². The maximum absolute atomic E-state index is 12.4. The number of para-hydroxylation sites is 2. The van der Waals surface area contributed by atoms with Gasteiger partial charge < -0.3 is 9.88 Å². The second kappa shape index (κ2) is 6.00. The van der Waals surface area contributed by atoms with Gasteiger partial charge in [-0.25, -0.2) is 4.98 Å². The van der Waals surface area contributed by atoms with Crippen molar-refractivity contribution >= 4 is 16.9 Å². The molecule has 0 saturated heterocycles. The predicted octanol–water partition coefficient (Wildman–Crippen LogP) is 1.90. The van der Waals surface area contributed by atoms with E-state index in [2.05, 4.69) is 15.0 Å². The van der Waals surface area contributed by atoms with Gasteiger partial charge in [0.2, 0.25) is 5.56 Å². The van der Waals surface area contributed by atoms with E-state index < -0.39 is 0 Å². The molecule has 2 heterocycles. The first-order valence-corrected chi connectivity index (χ1v) is 7.20. The first-order chi connectivity index (χ1) is 11.0. The summed E-state index contributed by atoms with van der Waals surface area (Å²) in [4.78, 5) is 36.9. The van der Waals surface area contributed by atoms with Gasteiger partial charge in [-0.3, -0.25) is 14.6 Å². The third kappa shape index (κ3) is 3.26. The first kappa shape index (κ1) is 14.9. The molecule has 1 amide bonds.